The van der Waals surface area contributed by atoms with Crippen molar-refractivity contribution in [1.29, 1.82) is 0 Å². The van der Waals surface area contributed by atoms with Gasteiger partial charge in [-0.05, 0) is 12.0 Å². The van der Waals surface area contributed by atoms with E-state index in [2.05, 4.69) is 0 Å². The van der Waals surface area contributed by atoms with Crippen molar-refractivity contribution < 1.29 is 4.92 Å². The van der Waals surface area contributed by atoms with Crippen LogP contribution in [0.3, 0.4) is 0 Å². The van der Waals surface area contributed by atoms with E-state index in [0.29, 0.717) is 13.1 Å². The molecule has 0 unspecified atom stereocenters. The Labute approximate surface area is 110 Å². The van der Waals surface area contributed by atoms with Gasteiger partial charge in [0.2, 0.25) is 0 Å². The molecule has 19 heavy (non-hydrogen) atoms. The van der Waals surface area contributed by atoms with Crippen LogP contribution in [-0.2, 0) is 13.1 Å². The van der Waals surface area contributed by atoms with Crippen LogP contribution in [0.2, 0.25) is 0 Å². The van der Waals surface area contributed by atoms with Crippen LogP contribution < -0.4 is 5.69 Å². The number of benzene rings is 1. The summed E-state index contributed by atoms with van der Waals surface area (Å²) >= 11 is 0. The van der Waals surface area contributed by atoms with Gasteiger partial charge in [-0.3, -0.25) is 19.2 Å². The van der Waals surface area contributed by atoms with Gasteiger partial charge in [0.05, 0.1) is 11.5 Å². The number of nitro benzene ring substituents is 1. The van der Waals surface area contributed by atoms with Crippen LogP contribution >= 0.6 is 0 Å². The van der Waals surface area contributed by atoms with Crippen LogP contribution in [0.15, 0.2) is 41.5 Å². The van der Waals surface area contributed by atoms with Gasteiger partial charge in [-0.2, -0.15) is 0 Å². The molecule has 6 heteroatoms. The summed E-state index contributed by atoms with van der Waals surface area (Å²) in [5, 5.41) is 10.5. The van der Waals surface area contributed by atoms with Crippen molar-refractivity contribution in [2.75, 3.05) is 0 Å². The van der Waals surface area contributed by atoms with Crippen LogP contribution in [0.1, 0.15) is 18.9 Å². The molecule has 0 bridgehead atoms. The molecule has 0 aliphatic heterocycles. The summed E-state index contributed by atoms with van der Waals surface area (Å²) in [7, 11) is 0. The number of hydrogen-bond acceptors (Lipinski definition) is 3. The predicted molar refractivity (Wildman–Crippen MR) is 71.2 cm³/mol. The molecule has 1 heterocycles. The third kappa shape index (κ3) is 2.90. The molecule has 0 saturated carbocycles. The van der Waals surface area contributed by atoms with Gasteiger partial charge in [0.15, 0.2) is 0 Å². The second-order valence-electron chi connectivity index (χ2n) is 4.33. The molecule has 0 amide bonds. The molecule has 0 N–H and O–H groups in total. The maximum Gasteiger partial charge on any atom is 0.328 e. The van der Waals surface area contributed by atoms with E-state index in [0.717, 1.165) is 12.0 Å². The summed E-state index contributed by atoms with van der Waals surface area (Å²) in [4.78, 5) is 22.1. The second kappa shape index (κ2) is 5.51. The van der Waals surface area contributed by atoms with Gasteiger partial charge in [0, 0.05) is 31.1 Å². The van der Waals surface area contributed by atoms with Crippen LogP contribution in [0.5, 0.6) is 0 Å². The third-order valence-corrected chi connectivity index (χ3v) is 2.88. The molecule has 0 saturated heterocycles. The van der Waals surface area contributed by atoms with Crippen molar-refractivity contribution in [3.63, 3.8) is 0 Å². The summed E-state index contributed by atoms with van der Waals surface area (Å²) in [6.07, 6.45) is 4.40. The van der Waals surface area contributed by atoms with Crippen LogP contribution in [0.4, 0.5) is 5.69 Å². The molecule has 2 rings (SSSR count). The first-order valence-corrected chi connectivity index (χ1v) is 6.10. The summed E-state index contributed by atoms with van der Waals surface area (Å²) in [6.45, 7) is 3.14. The molecule has 0 aliphatic rings. The second-order valence-corrected chi connectivity index (χ2v) is 4.33. The lowest BCUT2D eigenvalue weighted by atomic mass is 10.2. The molecule has 0 atom stereocenters. The van der Waals surface area contributed by atoms with Crippen molar-refractivity contribution >= 4 is 5.69 Å². The highest BCUT2D eigenvalue weighted by Gasteiger charge is 2.06. The Hall–Kier alpha value is -2.37. The number of hydrogen-bond donors (Lipinski definition) is 0. The van der Waals surface area contributed by atoms with Gasteiger partial charge in [-0.25, -0.2) is 4.79 Å². The number of aryl methyl sites for hydroxylation is 1. The largest absolute Gasteiger partial charge is 0.328 e. The van der Waals surface area contributed by atoms with E-state index in [-0.39, 0.29) is 11.4 Å². The Balaban J connectivity index is 2.17. The Morgan fingerprint density at radius 1 is 1.16 bits per heavy atom. The molecule has 6 nitrogen and oxygen atoms in total. The van der Waals surface area contributed by atoms with Crippen molar-refractivity contribution in [3.05, 3.63) is 62.8 Å². The topological polar surface area (TPSA) is 70.1 Å². The smallest absolute Gasteiger partial charge is 0.299 e. The minimum Gasteiger partial charge on any atom is -0.299 e. The maximum absolute atomic E-state index is 12.0. The Morgan fingerprint density at radius 3 is 2.37 bits per heavy atom. The number of nitro groups is 1. The average Bonchev–Trinajstić information content (AvgIpc) is 2.73. The van der Waals surface area contributed by atoms with E-state index < -0.39 is 4.92 Å². The number of non-ortho nitro benzene ring substituents is 1. The van der Waals surface area contributed by atoms with Gasteiger partial charge in [0.25, 0.3) is 5.69 Å². The normalized spacial score (nSPS) is 10.6. The average molecular weight is 261 g/mol. The minimum absolute atomic E-state index is 0.0552. The SMILES string of the molecule is CCCn1ccn(Cc2ccc([N+](=O)[O-])cc2)c1=O. The van der Waals surface area contributed by atoms with E-state index in [1.54, 1.807) is 33.7 Å². The molecule has 2 aromatic rings. The molecule has 0 fully saturated rings. The van der Waals surface area contributed by atoms with E-state index in [1.165, 1.54) is 12.1 Å². The quantitative estimate of drug-likeness (QED) is 0.610. The monoisotopic (exact) mass is 261 g/mol. The summed E-state index contributed by atoms with van der Waals surface area (Å²) in [5.41, 5.74) is 0.863. The summed E-state index contributed by atoms with van der Waals surface area (Å²) in [6, 6.07) is 6.23. The Bertz CT molecular complexity index is 625. The van der Waals surface area contributed by atoms with Crippen LogP contribution in [-0.4, -0.2) is 14.1 Å². The zero-order valence-electron chi connectivity index (χ0n) is 10.7. The summed E-state index contributed by atoms with van der Waals surface area (Å²) in [5.74, 6) is 0. The van der Waals surface area contributed by atoms with Gasteiger partial charge < -0.3 is 0 Å². The Kier molecular flexibility index (Phi) is 3.79. The fourth-order valence-electron chi connectivity index (χ4n) is 1.90. The third-order valence-electron chi connectivity index (χ3n) is 2.88. The highest BCUT2D eigenvalue weighted by Crippen LogP contribution is 2.12. The number of rotatable bonds is 5. The first-order chi connectivity index (χ1) is 9.11. The molecule has 1 aromatic carbocycles. The van der Waals surface area contributed by atoms with Crippen LogP contribution in [0.25, 0.3) is 0 Å². The van der Waals surface area contributed by atoms with Crippen molar-refractivity contribution in [3.8, 4) is 0 Å². The lowest BCUT2D eigenvalue weighted by Crippen LogP contribution is -2.24. The molecule has 0 aliphatic carbocycles. The molecular formula is C13H15N3O3. The van der Waals surface area contributed by atoms with E-state index in [9.17, 15) is 14.9 Å². The Morgan fingerprint density at radius 2 is 1.79 bits per heavy atom. The molecule has 0 spiro atoms. The zero-order valence-corrected chi connectivity index (χ0v) is 10.7. The summed E-state index contributed by atoms with van der Waals surface area (Å²) < 4.78 is 3.25. The highest BCUT2D eigenvalue weighted by molar-refractivity contribution is 5.32. The number of aromatic nitrogens is 2. The number of imidazole rings is 1. The van der Waals surface area contributed by atoms with E-state index >= 15 is 0 Å². The fourth-order valence-corrected chi connectivity index (χ4v) is 1.90. The molecular weight excluding hydrogens is 246 g/mol. The van der Waals surface area contributed by atoms with Gasteiger partial charge >= 0.3 is 5.69 Å². The van der Waals surface area contributed by atoms with Crippen molar-refractivity contribution in [1.82, 2.24) is 9.13 Å². The van der Waals surface area contributed by atoms with Crippen LogP contribution in [0, 0.1) is 10.1 Å². The highest BCUT2D eigenvalue weighted by atomic mass is 16.6. The minimum atomic E-state index is -0.437. The van der Waals surface area contributed by atoms with Gasteiger partial charge in [0.1, 0.15) is 0 Å². The van der Waals surface area contributed by atoms with Crippen molar-refractivity contribution in [2.24, 2.45) is 0 Å². The molecule has 1 aromatic heterocycles. The maximum atomic E-state index is 12.0. The first-order valence-electron chi connectivity index (χ1n) is 6.10. The standard InChI is InChI=1S/C13H15N3O3/c1-2-7-14-8-9-15(13(14)17)10-11-3-5-12(6-4-11)16(18)19/h3-6,8-9H,2,7,10H2,1H3. The molecule has 0 radical (unpaired) electrons. The number of nitrogens with zero attached hydrogens (tertiary/aromatic N) is 3. The first kappa shape index (κ1) is 13.1. The van der Waals surface area contributed by atoms with E-state index in [4.69, 9.17) is 0 Å². The van der Waals surface area contributed by atoms with Gasteiger partial charge in [-0.1, -0.05) is 19.1 Å². The predicted octanol–water partition coefficient (Wildman–Crippen LogP) is 2.02. The van der Waals surface area contributed by atoms with Gasteiger partial charge in [-0.15, -0.1) is 0 Å². The lowest BCUT2D eigenvalue weighted by molar-refractivity contribution is -0.384. The zero-order chi connectivity index (χ0) is 13.8. The van der Waals surface area contributed by atoms with Crippen molar-refractivity contribution in [2.45, 2.75) is 26.4 Å². The fraction of sp³-hybridized carbons (Fsp3) is 0.308. The lowest BCUT2D eigenvalue weighted by Gasteiger charge is -2.02. The van der Waals surface area contributed by atoms with E-state index in [1.807, 2.05) is 6.92 Å². The molecule has 100 valence electrons.